The van der Waals surface area contributed by atoms with Crippen LogP contribution in [0.15, 0.2) is 21.3 Å². The summed E-state index contributed by atoms with van der Waals surface area (Å²) in [6.45, 7) is 3.38. The maximum atomic E-state index is 11.3. The van der Waals surface area contributed by atoms with E-state index in [0.29, 0.717) is 5.62 Å². The topological polar surface area (TPSA) is 47.2 Å². The minimum Gasteiger partial charge on any atom is -0.305 e. The Balaban J connectivity index is 3.30. The van der Waals surface area contributed by atoms with Crippen molar-refractivity contribution < 1.29 is 4.79 Å². The van der Waals surface area contributed by atoms with Gasteiger partial charge in [0.15, 0.2) is 5.78 Å². The SMILES string of the molecule is CC(=O)C(C)n1cc(Br)cn/c1=N\SI. The highest BCUT2D eigenvalue weighted by atomic mass is 127. The summed E-state index contributed by atoms with van der Waals surface area (Å²) in [4.78, 5) is 15.4. The van der Waals surface area contributed by atoms with E-state index in [0.717, 1.165) is 4.47 Å². The van der Waals surface area contributed by atoms with Gasteiger partial charge in [0.1, 0.15) is 0 Å². The summed E-state index contributed by atoms with van der Waals surface area (Å²) in [5, 5.41) is 0. The van der Waals surface area contributed by atoms with Crippen LogP contribution in [0.5, 0.6) is 0 Å². The van der Waals surface area contributed by atoms with Gasteiger partial charge in [0.25, 0.3) is 0 Å². The normalized spacial score (nSPS) is 14.0. The number of aromatic nitrogens is 2. The number of halogens is 2. The molecule has 0 aliphatic carbocycles. The Hall–Kier alpha value is 0.110. The highest BCUT2D eigenvalue weighted by Crippen LogP contribution is 2.12. The van der Waals surface area contributed by atoms with Gasteiger partial charge in [-0.25, -0.2) is 4.98 Å². The zero-order valence-corrected chi connectivity index (χ0v) is 12.7. The summed E-state index contributed by atoms with van der Waals surface area (Å²) < 4.78 is 6.71. The Morgan fingerprint density at radius 2 is 2.47 bits per heavy atom. The van der Waals surface area contributed by atoms with E-state index in [2.05, 4.69) is 46.5 Å². The van der Waals surface area contributed by atoms with Crippen molar-refractivity contribution in [2.24, 2.45) is 4.40 Å². The highest BCUT2D eigenvalue weighted by Gasteiger charge is 2.11. The molecule has 1 aromatic heterocycles. The van der Waals surface area contributed by atoms with Crippen LogP contribution in [0.25, 0.3) is 0 Å². The summed E-state index contributed by atoms with van der Waals surface area (Å²) in [6, 6.07) is -0.253. The molecule has 0 radical (unpaired) electrons. The van der Waals surface area contributed by atoms with E-state index in [1.54, 1.807) is 17.7 Å². The van der Waals surface area contributed by atoms with E-state index in [-0.39, 0.29) is 11.8 Å². The molecule has 1 atom stereocenters. The summed E-state index contributed by atoms with van der Waals surface area (Å²) in [7, 11) is 1.29. The van der Waals surface area contributed by atoms with Crippen molar-refractivity contribution in [3.8, 4) is 0 Å². The molecule has 1 heterocycles. The molecule has 4 nitrogen and oxygen atoms in total. The Bertz CT molecular complexity index is 434. The molecule has 0 fully saturated rings. The molecule has 0 bridgehead atoms. The molecule has 82 valence electrons. The molecule has 0 aliphatic heterocycles. The van der Waals surface area contributed by atoms with E-state index in [4.69, 9.17) is 0 Å². The van der Waals surface area contributed by atoms with Crippen molar-refractivity contribution >= 4 is 52.0 Å². The van der Waals surface area contributed by atoms with E-state index in [1.807, 2.05) is 13.1 Å². The third kappa shape index (κ3) is 3.56. The first-order valence-electron chi connectivity index (χ1n) is 4.12. The predicted octanol–water partition coefficient (Wildman–Crippen LogP) is 2.69. The van der Waals surface area contributed by atoms with Crippen LogP contribution in [0.4, 0.5) is 0 Å². The molecule has 0 saturated carbocycles. The lowest BCUT2D eigenvalue weighted by Crippen LogP contribution is -2.29. The molecule has 1 aromatic rings. The van der Waals surface area contributed by atoms with Gasteiger partial charge in [-0.2, -0.15) is 4.40 Å². The molecular formula is C8H9BrIN3OS. The van der Waals surface area contributed by atoms with Crippen molar-refractivity contribution in [1.82, 2.24) is 9.55 Å². The molecule has 0 amide bonds. The Morgan fingerprint density at radius 3 is 3.00 bits per heavy atom. The molecule has 1 rings (SSSR count). The fourth-order valence-electron chi connectivity index (χ4n) is 0.992. The number of hydrogen-bond donors (Lipinski definition) is 0. The Morgan fingerprint density at radius 1 is 1.80 bits per heavy atom. The van der Waals surface area contributed by atoms with Crippen LogP contribution < -0.4 is 5.62 Å². The predicted molar refractivity (Wildman–Crippen MR) is 72.5 cm³/mol. The Kier molecular flexibility index (Phi) is 5.27. The van der Waals surface area contributed by atoms with Gasteiger partial charge >= 0.3 is 0 Å². The van der Waals surface area contributed by atoms with Gasteiger partial charge < -0.3 is 4.57 Å². The second-order valence-electron chi connectivity index (χ2n) is 2.93. The number of Topliss-reactive ketones (excluding diaryl/α,β-unsaturated/α-hetero) is 1. The van der Waals surface area contributed by atoms with Gasteiger partial charge in [-0.3, -0.25) is 4.79 Å². The van der Waals surface area contributed by atoms with Crippen molar-refractivity contribution in [2.45, 2.75) is 19.9 Å². The molecule has 0 N–H and O–H groups in total. The van der Waals surface area contributed by atoms with Gasteiger partial charge in [-0.05, 0) is 29.8 Å². The van der Waals surface area contributed by atoms with Gasteiger partial charge in [-0.1, -0.05) is 0 Å². The van der Waals surface area contributed by atoms with Crippen LogP contribution in [-0.4, -0.2) is 15.3 Å². The monoisotopic (exact) mass is 401 g/mol. The van der Waals surface area contributed by atoms with Crippen LogP contribution in [0.1, 0.15) is 19.9 Å². The largest absolute Gasteiger partial charge is 0.305 e. The standard InChI is InChI=1S/C8H9BrIN3OS/c1-5(6(2)14)13-4-7(9)3-11-8(13)12-15-10/h3-5H,1-2H3/b12-8+. The van der Waals surface area contributed by atoms with Crippen LogP contribution in [0, 0.1) is 0 Å². The van der Waals surface area contributed by atoms with Crippen molar-refractivity contribution in [1.29, 1.82) is 0 Å². The van der Waals surface area contributed by atoms with E-state index in [9.17, 15) is 4.79 Å². The lowest BCUT2D eigenvalue weighted by molar-refractivity contribution is -0.119. The second kappa shape index (κ2) is 6.00. The molecule has 0 saturated heterocycles. The Labute approximate surface area is 112 Å². The quantitative estimate of drug-likeness (QED) is 0.577. The van der Waals surface area contributed by atoms with Crippen LogP contribution in [-0.2, 0) is 4.79 Å². The summed E-state index contributed by atoms with van der Waals surface area (Å²) in [5.41, 5.74) is 0.542. The van der Waals surface area contributed by atoms with Gasteiger partial charge in [-0.15, -0.1) is 0 Å². The molecule has 7 heteroatoms. The summed E-state index contributed by atoms with van der Waals surface area (Å²) >= 11 is 5.38. The van der Waals surface area contributed by atoms with Crippen molar-refractivity contribution in [3.63, 3.8) is 0 Å². The first-order chi connectivity index (χ1) is 7.06. The smallest absolute Gasteiger partial charge is 0.237 e. The number of carbonyl (C=O) groups is 1. The lowest BCUT2D eigenvalue weighted by Gasteiger charge is -2.12. The maximum absolute atomic E-state index is 11.3. The molecule has 0 spiro atoms. The van der Waals surface area contributed by atoms with Crippen molar-refractivity contribution in [2.75, 3.05) is 0 Å². The zero-order chi connectivity index (χ0) is 11.4. The summed E-state index contributed by atoms with van der Waals surface area (Å²) in [6.07, 6.45) is 3.47. The molecule has 0 aromatic carbocycles. The summed E-state index contributed by atoms with van der Waals surface area (Å²) in [5.74, 6) is 0.0785. The zero-order valence-electron chi connectivity index (χ0n) is 8.15. The second-order valence-corrected chi connectivity index (χ2v) is 5.34. The molecule has 0 aliphatic rings. The highest BCUT2D eigenvalue weighted by molar-refractivity contribution is 14.2. The first kappa shape index (κ1) is 13.2. The fraction of sp³-hybridized carbons (Fsp3) is 0.375. The number of nitrogens with zero attached hydrogens (tertiary/aromatic N) is 3. The van der Waals surface area contributed by atoms with Crippen LogP contribution >= 0.6 is 46.3 Å². The lowest BCUT2D eigenvalue weighted by atomic mass is 10.2. The van der Waals surface area contributed by atoms with Gasteiger partial charge in [0.05, 0.1) is 19.6 Å². The third-order valence-corrected chi connectivity index (χ3v) is 3.15. The molecule has 15 heavy (non-hydrogen) atoms. The van der Waals surface area contributed by atoms with Gasteiger partial charge in [0, 0.05) is 33.6 Å². The van der Waals surface area contributed by atoms with Gasteiger partial charge in [0.2, 0.25) is 5.62 Å². The third-order valence-electron chi connectivity index (χ3n) is 1.92. The average Bonchev–Trinajstić information content (AvgIpc) is 2.20. The number of hydrogen-bond acceptors (Lipinski definition) is 4. The molecular weight excluding hydrogens is 393 g/mol. The molecule has 1 unspecified atom stereocenters. The van der Waals surface area contributed by atoms with Crippen LogP contribution in [0.3, 0.4) is 0 Å². The van der Waals surface area contributed by atoms with Crippen LogP contribution in [0.2, 0.25) is 0 Å². The first-order valence-corrected chi connectivity index (χ1v) is 8.23. The number of ketones is 1. The fourth-order valence-corrected chi connectivity index (χ4v) is 2.05. The minimum absolute atomic E-state index is 0.0785. The number of rotatable bonds is 3. The van der Waals surface area contributed by atoms with E-state index < -0.39 is 0 Å². The van der Waals surface area contributed by atoms with Crippen molar-refractivity contribution in [3.05, 3.63) is 22.5 Å². The minimum atomic E-state index is -0.253. The van der Waals surface area contributed by atoms with E-state index >= 15 is 0 Å². The number of carbonyl (C=O) groups excluding carboxylic acids is 1. The maximum Gasteiger partial charge on any atom is 0.237 e. The van der Waals surface area contributed by atoms with E-state index in [1.165, 1.54) is 9.12 Å². The average molecular weight is 402 g/mol.